The zero-order chi connectivity index (χ0) is 9.35. The fourth-order valence-electron chi connectivity index (χ4n) is 0.697. The van der Waals surface area contributed by atoms with Gasteiger partial charge in [0.15, 0.2) is 5.69 Å². The average Bonchev–Trinajstić information content (AvgIpc) is 1.82. The standard InChI is InChI=1S/C6H5F3N2O/c1-3-10-4(6(7,8)9)2-5(12)11-3/h2H,1H3,(H,10,11,12). The molecule has 0 saturated heterocycles. The van der Waals surface area contributed by atoms with E-state index in [-0.39, 0.29) is 5.82 Å². The van der Waals surface area contributed by atoms with Crippen LogP contribution in [-0.2, 0) is 6.18 Å². The predicted molar refractivity (Wildman–Crippen MR) is 33.4 cm³/mol. The van der Waals surface area contributed by atoms with Crippen molar-refractivity contribution >= 4 is 0 Å². The fourth-order valence-corrected chi connectivity index (χ4v) is 0.697. The van der Waals surface area contributed by atoms with Crippen LogP contribution in [0.3, 0.4) is 0 Å². The number of aryl methyl sites for hydroxylation is 1. The van der Waals surface area contributed by atoms with Crippen LogP contribution in [0.2, 0.25) is 0 Å². The minimum Gasteiger partial charge on any atom is -0.493 e. The summed E-state index contributed by atoms with van der Waals surface area (Å²) in [5.74, 6) is -0.780. The molecule has 6 heteroatoms. The van der Waals surface area contributed by atoms with E-state index in [0.717, 1.165) is 0 Å². The summed E-state index contributed by atoms with van der Waals surface area (Å²) in [6.07, 6.45) is -4.54. The van der Waals surface area contributed by atoms with Gasteiger partial charge in [-0.1, -0.05) is 0 Å². The summed E-state index contributed by atoms with van der Waals surface area (Å²) in [4.78, 5) is 6.40. The van der Waals surface area contributed by atoms with E-state index in [9.17, 15) is 13.2 Å². The first kappa shape index (κ1) is 8.76. The molecular weight excluding hydrogens is 173 g/mol. The molecule has 1 aromatic heterocycles. The van der Waals surface area contributed by atoms with Crippen LogP contribution in [0, 0.1) is 6.92 Å². The number of hydrogen-bond acceptors (Lipinski definition) is 3. The molecule has 0 atom stereocenters. The summed E-state index contributed by atoms with van der Waals surface area (Å²) in [6, 6.07) is 0.479. The van der Waals surface area contributed by atoms with Gasteiger partial charge in [0.05, 0.1) is 0 Å². The monoisotopic (exact) mass is 178 g/mol. The summed E-state index contributed by atoms with van der Waals surface area (Å²) in [5, 5.41) is 8.71. The molecule has 12 heavy (non-hydrogen) atoms. The highest BCUT2D eigenvalue weighted by Gasteiger charge is 2.33. The summed E-state index contributed by atoms with van der Waals surface area (Å²) < 4.78 is 35.8. The van der Waals surface area contributed by atoms with E-state index >= 15 is 0 Å². The van der Waals surface area contributed by atoms with Gasteiger partial charge >= 0.3 is 6.18 Å². The zero-order valence-electron chi connectivity index (χ0n) is 6.05. The first-order chi connectivity index (χ1) is 5.39. The maximum atomic E-state index is 11.9. The van der Waals surface area contributed by atoms with Gasteiger partial charge in [-0.2, -0.15) is 18.2 Å². The van der Waals surface area contributed by atoms with E-state index < -0.39 is 17.8 Å². The topological polar surface area (TPSA) is 46.0 Å². The molecule has 0 unspecified atom stereocenters. The van der Waals surface area contributed by atoms with Gasteiger partial charge in [-0.15, -0.1) is 0 Å². The lowest BCUT2D eigenvalue weighted by Gasteiger charge is -2.05. The molecule has 1 rings (SSSR count). The Kier molecular flexibility index (Phi) is 1.91. The maximum Gasteiger partial charge on any atom is 0.433 e. The van der Waals surface area contributed by atoms with Gasteiger partial charge in [-0.05, 0) is 6.92 Å². The highest BCUT2D eigenvalue weighted by atomic mass is 19.4. The summed E-state index contributed by atoms with van der Waals surface area (Å²) in [5.41, 5.74) is -1.13. The van der Waals surface area contributed by atoms with E-state index in [1.54, 1.807) is 0 Å². The van der Waals surface area contributed by atoms with Crippen molar-refractivity contribution in [2.24, 2.45) is 0 Å². The molecule has 1 N–H and O–H groups in total. The second-order valence-corrected chi connectivity index (χ2v) is 2.16. The Morgan fingerprint density at radius 3 is 2.33 bits per heavy atom. The smallest absolute Gasteiger partial charge is 0.433 e. The van der Waals surface area contributed by atoms with Crippen LogP contribution in [0.25, 0.3) is 0 Å². The molecule has 0 aliphatic heterocycles. The van der Waals surface area contributed by atoms with Crippen molar-refractivity contribution in [1.82, 2.24) is 9.97 Å². The molecule has 0 aliphatic rings. The quantitative estimate of drug-likeness (QED) is 0.654. The molecule has 0 aromatic carbocycles. The van der Waals surface area contributed by atoms with Gasteiger partial charge < -0.3 is 5.11 Å². The zero-order valence-corrected chi connectivity index (χ0v) is 6.05. The third-order valence-electron chi connectivity index (χ3n) is 1.11. The van der Waals surface area contributed by atoms with Crippen molar-refractivity contribution in [2.45, 2.75) is 13.1 Å². The van der Waals surface area contributed by atoms with Crippen LogP contribution in [0.4, 0.5) is 13.2 Å². The molecule has 0 amide bonds. The van der Waals surface area contributed by atoms with Crippen molar-refractivity contribution in [3.8, 4) is 5.88 Å². The van der Waals surface area contributed by atoms with Gasteiger partial charge in [0, 0.05) is 6.07 Å². The Labute approximate surface area is 65.9 Å². The third kappa shape index (κ3) is 1.84. The van der Waals surface area contributed by atoms with Crippen LogP contribution >= 0.6 is 0 Å². The number of alkyl halides is 3. The van der Waals surface area contributed by atoms with Crippen molar-refractivity contribution in [3.63, 3.8) is 0 Å². The summed E-state index contributed by atoms with van der Waals surface area (Å²) >= 11 is 0. The van der Waals surface area contributed by atoms with Crippen molar-refractivity contribution in [2.75, 3.05) is 0 Å². The second-order valence-electron chi connectivity index (χ2n) is 2.16. The molecule has 1 aromatic rings. The average molecular weight is 178 g/mol. The number of aromatic hydroxyl groups is 1. The van der Waals surface area contributed by atoms with Crippen LogP contribution in [0.15, 0.2) is 6.07 Å². The number of hydrogen-bond donors (Lipinski definition) is 1. The van der Waals surface area contributed by atoms with E-state index in [4.69, 9.17) is 5.11 Å². The van der Waals surface area contributed by atoms with E-state index in [1.165, 1.54) is 6.92 Å². The molecule has 3 nitrogen and oxygen atoms in total. The second kappa shape index (κ2) is 2.62. The predicted octanol–water partition coefficient (Wildman–Crippen LogP) is 1.51. The minimum atomic E-state index is -4.54. The lowest BCUT2D eigenvalue weighted by Crippen LogP contribution is -2.09. The van der Waals surface area contributed by atoms with Gasteiger partial charge in [0.2, 0.25) is 5.88 Å². The number of halogens is 3. The molecule has 0 radical (unpaired) electrons. The Balaban J connectivity index is 3.18. The number of nitrogens with zero attached hydrogens (tertiary/aromatic N) is 2. The van der Waals surface area contributed by atoms with Gasteiger partial charge in [-0.3, -0.25) is 0 Å². The van der Waals surface area contributed by atoms with Gasteiger partial charge in [0.25, 0.3) is 0 Å². The SMILES string of the molecule is Cc1nc(O)cc(C(F)(F)F)n1. The largest absolute Gasteiger partial charge is 0.493 e. The minimum absolute atomic E-state index is 0.109. The molecule has 0 aliphatic carbocycles. The van der Waals surface area contributed by atoms with E-state index in [1.807, 2.05) is 0 Å². The van der Waals surface area contributed by atoms with Crippen LogP contribution in [0.1, 0.15) is 11.5 Å². The number of aromatic nitrogens is 2. The van der Waals surface area contributed by atoms with Crippen molar-refractivity contribution < 1.29 is 18.3 Å². The molecule has 0 bridgehead atoms. The Morgan fingerprint density at radius 2 is 1.92 bits per heavy atom. The first-order valence-electron chi connectivity index (χ1n) is 3.01. The van der Waals surface area contributed by atoms with Gasteiger partial charge in [0.1, 0.15) is 5.82 Å². The lowest BCUT2D eigenvalue weighted by molar-refractivity contribution is -0.141. The highest BCUT2D eigenvalue weighted by Crippen LogP contribution is 2.28. The maximum absolute atomic E-state index is 11.9. The molecule has 66 valence electrons. The molecule has 0 saturated carbocycles. The molecule has 0 fully saturated rings. The number of rotatable bonds is 0. The fraction of sp³-hybridized carbons (Fsp3) is 0.333. The normalized spacial score (nSPS) is 11.7. The van der Waals surface area contributed by atoms with Crippen LogP contribution in [-0.4, -0.2) is 15.1 Å². The first-order valence-corrected chi connectivity index (χ1v) is 3.01. The van der Waals surface area contributed by atoms with Gasteiger partial charge in [-0.25, -0.2) is 4.98 Å². The third-order valence-corrected chi connectivity index (χ3v) is 1.11. The highest BCUT2D eigenvalue weighted by molar-refractivity contribution is 5.16. The van der Waals surface area contributed by atoms with Crippen molar-refractivity contribution in [3.05, 3.63) is 17.6 Å². The molecular formula is C6H5F3N2O. The molecule has 0 spiro atoms. The Morgan fingerprint density at radius 1 is 1.33 bits per heavy atom. The lowest BCUT2D eigenvalue weighted by atomic mass is 10.4. The summed E-state index contributed by atoms with van der Waals surface area (Å²) in [7, 11) is 0. The Hall–Kier alpha value is -1.33. The van der Waals surface area contributed by atoms with E-state index in [2.05, 4.69) is 9.97 Å². The van der Waals surface area contributed by atoms with E-state index in [0.29, 0.717) is 6.07 Å². The van der Waals surface area contributed by atoms with Crippen LogP contribution < -0.4 is 0 Å². The Bertz CT molecular complexity index is 277. The summed E-state index contributed by atoms with van der Waals surface area (Å²) in [6.45, 7) is 1.27. The van der Waals surface area contributed by atoms with Crippen LogP contribution in [0.5, 0.6) is 5.88 Å². The molecule has 1 heterocycles. The van der Waals surface area contributed by atoms with Crippen molar-refractivity contribution in [1.29, 1.82) is 0 Å².